The van der Waals surface area contributed by atoms with E-state index in [-0.39, 0.29) is 5.41 Å². The van der Waals surface area contributed by atoms with Gasteiger partial charge in [-0.25, -0.2) is 0 Å². The minimum absolute atomic E-state index is 0.0948. The molecule has 0 aliphatic rings. The fourth-order valence-electron chi connectivity index (χ4n) is 2.91. The summed E-state index contributed by atoms with van der Waals surface area (Å²) in [6.45, 7) is 16.2. The standard InChI is InChI=1S/C20H29ClSi2/c1-14-11-15(13-16(12-14)23(5,6)7)22-18-10-8-9-17(19(18)21)20(2,3)4/h8-13H,22H2,1-7H3. The van der Waals surface area contributed by atoms with Crippen LogP contribution in [0, 0.1) is 6.92 Å². The van der Waals surface area contributed by atoms with Gasteiger partial charge in [-0.1, -0.05) is 104 Å². The molecular formula is C20H29ClSi2. The molecule has 0 aliphatic carbocycles. The van der Waals surface area contributed by atoms with Gasteiger partial charge in [-0.2, -0.15) is 0 Å². The second-order valence-electron chi connectivity index (χ2n) is 8.66. The van der Waals surface area contributed by atoms with Crippen molar-refractivity contribution in [3.05, 3.63) is 52.5 Å². The van der Waals surface area contributed by atoms with Crippen LogP contribution in [0.1, 0.15) is 31.9 Å². The van der Waals surface area contributed by atoms with Gasteiger partial charge in [0.1, 0.15) is 0 Å². The molecule has 0 amide bonds. The number of hydrogen-bond acceptors (Lipinski definition) is 0. The van der Waals surface area contributed by atoms with E-state index in [0.717, 1.165) is 5.02 Å². The van der Waals surface area contributed by atoms with Crippen LogP contribution < -0.4 is 15.6 Å². The van der Waals surface area contributed by atoms with Crippen LogP contribution in [0.15, 0.2) is 36.4 Å². The Morgan fingerprint density at radius 1 is 1.00 bits per heavy atom. The minimum Gasteiger partial charge on any atom is -0.0842 e. The molecule has 0 saturated heterocycles. The molecule has 0 fully saturated rings. The Morgan fingerprint density at radius 3 is 2.22 bits per heavy atom. The van der Waals surface area contributed by atoms with Gasteiger partial charge in [-0.3, -0.25) is 0 Å². The molecule has 2 aromatic carbocycles. The Kier molecular flexibility index (Phi) is 5.29. The van der Waals surface area contributed by atoms with Crippen LogP contribution in [-0.4, -0.2) is 17.6 Å². The Morgan fingerprint density at radius 2 is 1.65 bits per heavy atom. The zero-order chi connectivity index (χ0) is 17.4. The van der Waals surface area contributed by atoms with Crippen LogP contribution in [0.5, 0.6) is 0 Å². The van der Waals surface area contributed by atoms with E-state index in [9.17, 15) is 0 Å². The van der Waals surface area contributed by atoms with Crippen LogP contribution in [-0.2, 0) is 5.41 Å². The summed E-state index contributed by atoms with van der Waals surface area (Å²) in [4.78, 5) is 0. The molecular weight excluding hydrogens is 332 g/mol. The molecule has 0 aromatic heterocycles. The van der Waals surface area contributed by atoms with Crippen molar-refractivity contribution in [2.24, 2.45) is 0 Å². The fourth-order valence-corrected chi connectivity index (χ4v) is 6.79. The van der Waals surface area contributed by atoms with Gasteiger partial charge in [0.05, 0.1) is 17.6 Å². The number of benzene rings is 2. The van der Waals surface area contributed by atoms with Crippen molar-refractivity contribution in [1.82, 2.24) is 0 Å². The van der Waals surface area contributed by atoms with Gasteiger partial charge in [-0.15, -0.1) is 0 Å². The molecule has 23 heavy (non-hydrogen) atoms. The molecule has 0 saturated carbocycles. The highest BCUT2D eigenvalue weighted by atomic mass is 35.5. The van der Waals surface area contributed by atoms with E-state index in [1.807, 2.05) is 0 Å². The third kappa shape index (κ3) is 4.59. The van der Waals surface area contributed by atoms with Crippen molar-refractivity contribution in [3.63, 3.8) is 0 Å². The summed E-state index contributed by atoms with van der Waals surface area (Å²) in [5.74, 6) is 0. The van der Waals surface area contributed by atoms with Gasteiger partial charge in [0.25, 0.3) is 0 Å². The quantitative estimate of drug-likeness (QED) is 0.733. The van der Waals surface area contributed by atoms with Gasteiger partial charge in [0.2, 0.25) is 0 Å². The lowest BCUT2D eigenvalue weighted by Crippen LogP contribution is -2.41. The van der Waals surface area contributed by atoms with Crippen LogP contribution in [0.3, 0.4) is 0 Å². The zero-order valence-corrected chi connectivity index (χ0v) is 18.7. The lowest BCUT2D eigenvalue weighted by atomic mass is 9.87. The van der Waals surface area contributed by atoms with Crippen molar-refractivity contribution < 1.29 is 0 Å². The van der Waals surface area contributed by atoms with Crippen molar-refractivity contribution in [2.75, 3.05) is 0 Å². The van der Waals surface area contributed by atoms with E-state index < -0.39 is 17.6 Å². The van der Waals surface area contributed by atoms with E-state index in [2.05, 4.69) is 83.7 Å². The first-order chi connectivity index (χ1) is 10.5. The number of aryl methyl sites for hydroxylation is 1. The number of hydrogen-bond donors (Lipinski definition) is 0. The summed E-state index contributed by atoms with van der Waals surface area (Å²) in [5.41, 5.74) is 2.75. The predicted octanol–water partition coefficient (Wildman–Crippen LogP) is 3.61. The average molecular weight is 361 g/mol. The molecule has 0 aliphatic heterocycles. The molecule has 0 atom stereocenters. The second kappa shape index (κ2) is 6.58. The highest BCUT2D eigenvalue weighted by Gasteiger charge is 2.20. The van der Waals surface area contributed by atoms with Gasteiger partial charge >= 0.3 is 0 Å². The first-order valence-corrected chi connectivity index (χ1v) is 13.7. The Labute approximate surface area is 150 Å². The summed E-state index contributed by atoms with van der Waals surface area (Å²) < 4.78 is 0. The van der Waals surface area contributed by atoms with Crippen LogP contribution in [0.25, 0.3) is 0 Å². The van der Waals surface area contributed by atoms with Crippen molar-refractivity contribution >= 4 is 44.8 Å². The van der Waals surface area contributed by atoms with Crippen molar-refractivity contribution in [3.8, 4) is 0 Å². The lowest BCUT2D eigenvalue weighted by Gasteiger charge is -2.22. The summed E-state index contributed by atoms with van der Waals surface area (Å²) in [7, 11) is -1.83. The molecule has 0 nitrogen and oxygen atoms in total. The monoisotopic (exact) mass is 360 g/mol. The van der Waals surface area contributed by atoms with Crippen LogP contribution in [0.2, 0.25) is 24.7 Å². The third-order valence-electron chi connectivity index (χ3n) is 4.28. The Bertz CT molecular complexity index is 707. The van der Waals surface area contributed by atoms with Gasteiger partial charge < -0.3 is 0 Å². The first kappa shape index (κ1) is 18.5. The van der Waals surface area contributed by atoms with Gasteiger partial charge in [0, 0.05) is 5.02 Å². The molecule has 2 aromatic rings. The molecule has 0 spiro atoms. The van der Waals surface area contributed by atoms with Crippen molar-refractivity contribution in [2.45, 2.75) is 52.8 Å². The molecule has 0 N–H and O–H groups in total. The second-order valence-corrected chi connectivity index (χ2v) is 16.0. The largest absolute Gasteiger partial charge is 0.0894 e. The topological polar surface area (TPSA) is 0 Å². The maximum absolute atomic E-state index is 6.76. The smallest absolute Gasteiger partial charge is 0.0842 e. The highest BCUT2D eigenvalue weighted by molar-refractivity contribution is 6.89. The van der Waals surface area contributed by atoms with Crippen molar-refractivity contribution in [1.29, 1.82) is 0 Å². The predicted molar refractivity (Wildman–Crippen MR) is 112 cm³/mol. The van der Waals surface area contributed by atoms with Crippen LogP contribution in [0.4, 0.5) is 0 Å². The average Bonchev–Trinajstić information content (AvgIpc) is 2.38. The maximum atomic E-state index is 6.76. The van der Waals surface area contributed by atoms with E-state index in [1.54, 1.807) is 5.19 Å². The molecule has 124 valence electrons. The fraction of sp³-hybridized carbons (Fsp3) is 0.400. The number of halogens is 1. The molecule has 0 heterocycles. The molecule has 0 unspecified atom stereocenters. The number of rotatable bonds is 3. The van der Waals surface area contributed by atoms with Gasteiger partial charge in [-0.05, 0) is 23.1 Å². The molecule has 2 rings (SSSR count). The highest BCUT2D eigenvalue weighted by Crippen LogP contribution is 2.27. The molecule has 0 radical (unpaired) electrons. The molecule has 3 heteroatoms. The van der Waals surface area contributed by atoms with Gasteiger partial charge in [0.15, 0.2) is 0 Å². The summed E-state index contributed by atoms with van der Waals surface area (Å²) in [6, 6.07) is 13.7. The SMILES string of the molecule is Cc1cc([SiH2]c2cccc(C(C)(C)C)c2Cl)cc([Si](C)(C)C)c1. The maximum Gasteiger partial charge on any atom is 0.0894 e. The van der Waals surface area contributed by atoms with Crippen LogP contribution >= 0.6 is 11.6 Å². The van der Waals surface area contributed by atoms with E-state index in [4.69, 9.17) is 11.6 Å². The Hall–Kier alpha value is -0.836. The van der Waals surface area contributed by atoms with E-state index in [1.165, 1.54) is 21.5 Å². The molecule has 0 bridgehead atoms. The van der Waals surface area contributed by atoms with E-state index >= 15 is 0 Å². The zero-order valence-electron chi connectivity index (χ0n) is 15.5. The minimum atomic E-state index is -1.28. The summed E-state index contributed by atoms with van der Waals surface area (Å²) in [5, 5.41) is 5.42. The lowest BCUT2D eigenvalue weighted by molar-refractivity contribution is 0.591. The van der Waals surface area contributed by atoms with E-state index in [0.29, 0.717) is 0 Å². The Balaban J connectivity index is 2.43. The summed E-state index contributed by atoms with van der Waals surface area (Å²) >= 11 is 6.76. The third-order valence-corrected chi connectivity index (χ3v) is 8.76. The summed E-state index contributed by atoms with van der Waals surface area (Å²) in [6.07, 6.45) is 0. The first-order valence-electron chi connectivity index (χ1n) is 8.37. The normalized spacial score (nSPS) is 13.0.